The summed E-state index contributed by atoms with van der Waals surface area (Å²) in [6, 6.07) is 0. The summed E-state index contributed by atoms with van der Waals surface area (Å²) in [6.45, 7) is 2.03. The number of hydrogen-bond donors (Lipinski definition) is 1. The van der Waals surface area contributed by atoms with Crippen LogP contribution in [0.2, 0.25) is 0 Å². The fraction of sp³-hybridized carbons (Fsp3) is 1.00. The Morgan fingerprint density at radius 1 is 1.35 bits per heavy atom. The van der Waals surface area contributed by atoms with Crippen molar-refractivity contribution in [1.29, 1.82) is 0 Å². The summed E-state index contributed by atoms with van der Waals surface area (Å²) < 4.78 is 38.2. The first-order chi connectivity index (χ1) is 7.98. The predicted octanol–water partition coefficient (Wildman–Crippen LogP) is -1.16. The molecule has 1 aliphatic rings. The lowest BCUT2D eigenvalue weighted by Crippen LogP contribution is -2.48. The van der Waals surface area contributed by atoms with Crippen LogP contribution in [0, 0.1) is 0 Å². The van der Waals surface area contributed by atoms with Crippen LogP contribution in [-0.2, 0) is 21.0 Å². The van der Waals surface area contributed by atoms with Crippen molar-refractivity contribution >= 4 is 21.0 Å². The van der Waals surface area contributed by atoms with Crippen LogP contribution in [0.15, 0.2) is 0 Å². The third-order valence-electron chi connectivity index (χ3n) is 2.76. The zero-order valence-corrected chi connectivity index (χ0v) is 12.0. The first kappa shape index (κ1) is 15.0. The van der Waals surface area contributed by atoms with E-state index in [-0.39, 0.29) is 0 Å². The van der Waals surface area contributed by atoms with Gasteiger partial charge in [-0.15, -0.1) is 0 Å². The third kappa shape index (κ3) is 4.29. The highest BCUT2D eigenvalue weighted by molar-refractivity contribution is 7.87. The lowest BCUT2D eigenvalue weighted by atomic mass is 10.4. The van der Waals surface area contributed by atoms with Gasteiger partial charge in [-0.25, -0.2) is 0 Å². The van der Waals surface area contributed by atoms with Crippen molar-refractivity contribution in [1.82, 2.24) is 13.9 Å². The van der Waals surface area contributed by atoms with E-state index >= 15 is 0 Å². The van der Waals surface area contributed by atoms with Gasteiger partial charge in [0.1, 0.15) is 0 Å². The van der Waals surface area contributed by atoms with Gasteiger partial charge in [0, 0.05) is 49.0 Å². The first-order valence-corrected chi connectivity index (χ1v) is 8.58. The summed E-state index contributed by atoms with van der Waals surface area (Å²) in [6.07, 6.45) is 0.784. The maximum atomic E-state index is 12.1. The van der Waals surface area contributed by atoms with E-state index in [2.05, 4.69) is 5.32 Å². The molecule has 0 aliphatic carbocycles. The molecule has 0 bridgehead atoms. The monoisotopic (exact) mass is 283 g/mol. The second kappa shape index (κ2) is 6.79. The highest BCUT2D eigenvalue weighted by atomic mass is 32.2. The molecule has 1 fully saturated rings. The van der Waals surface area contributed by atoms with E-state index in [1.54, 1.807) is 7.05 Å². The van der Waals surface area contributed by atoms with Gasteiger partial charge in [0.05, 0.1) is 0 Å². The minimum Gasteiger partial charge on any atom is -0.320 e. The lowest BCUT2D eigenvalue weighted by Gasteiger charge is -2.29. The molecule has 0 amide bonds. The summed E-state index contributed by atoms with van der Waals surface area (Å²) >= 11 is 0. The number of nitrogens with one attached hydrogen (secondary N) is 1. The lowest BCUT2D eigenvalue weighted by molar-refractivity contribution is 0.371. The highest BCUT2D eigenvalue weighted by Crippen LogP contribution is 2.10. The smallest absolute Gasteiger partial charge is 0.281 e. The normalized spacial score (nSPS) is 19.9. The summed E-state index contributed by atoms with van der Waals surface area (Å²) in [5, 5.41) is 2.98. The second-order valence-electron chi connectivity index (χ2n) is 4.03. The van der Waals surface area contributed by atoms with Gasteiger partial charge >= 0.3 is 0 Å². The Labute approximate surface area is 106 Å². The zero-order chi connectivity index (χ0) is 12.9. The molecule has 1 saturated heterocycles. The van der Waals surface area contributed by atoms with Crippen LogP contribution >= 0.6 is 0 Å². The molecule has 0 atom stereocenters. The summed E-state index contributed by atoms with van der Waals surface area (Å²) in [5.74, 6) is 0.896. The summed E-state index contributed by atoms with van der Waals surface area (Å²) in [7, 11) is -0.776. The molecule has 1 heterocycles. The molecule has 0 aromatic carbocycles. The van der Waals surface area contributed by atoms with Crippen molar-refractivity contribution in [3.8, 4) is 0 Å². The Morgan fingerprint density at radius 3 is 2.47 bits per heavy atom. The van der Waals surface area contributed by atoms with Crippen LogP contribution < -0.4 is 5.32 Å². The molecule has 0 unspecified atom stereocenters. The van der Waals surface area contributed by atoms with Crippen molar-refractivity contribution in [3.63, 3.8) is 0 Å². The fourth-order valence-corrected chi connectivity index (χ4v) is 4.32. The standard InChI is InChI=1S/C9H21N3O3S2/c1-10-4-3-5-11(2)17(14,15)12-6-8-16(13)9-7-12/h10H,3-9H2,1-2H3. The van der Waals surface area contributed by atoms with Gasteiger partial charge in [-0.05, 0) is 20.0 Å². The molecule has 1 aliphatic heterocycles. The van der Waals surface area contributed by atoms with Crippen molar-refractivity contribution in [2.24, 2.45) is 0 Å². The molecular formula is C9H21N3O3S2. The van der Waals surface area contributed by atoms with E-state index in [0.29, 0.717) is 31.1 Å². The molecule has 0 spiro atoms. The maximum absolute atomic E-state index is 12.1. The average Bonchev–Trinajstić information content (AvgIpc) is 2.29. The summed E-state index contributed by atoms with van der Waals surface area (Å²) in [5.41, 5.74) is 0. The Bertz CT molecular complexity index is 348. The quantitative estimate of drug-likeness (QED) is 0.624. The largest absolute Gasteiger partial charge is 0.320 e. The molecule has 102 valence electrons. The molecule has 0 radical (unpaired) electrons. The Kier molecular flexibility index (Phi) is 6.01. The van der Waals surface area contributed by atoms with Crippen LogP contribution in [-0.4, -0.2) is 73.0 Å². The van der Waals surface area contributed by atoms with Gasteiger partial charge in [0.15, 0.2) is 0 Å². The van der Waals surface area contributed by atoms with E-state index in [0.717, 1.165) is 13.0 Å². The topological polar surface area (TPSA) is 69.7 Å². The van der Waals surface area contributed by atoms with Gasteiger partial charge in [0.25, 0.3) is 10.2 Å². The van der Waals surface area contributed by atoms with Gasteiger partial charge in [-0.1, -0.05) is 0 Å². The van der Waals surface area contributed by atoms with Crippen molar-refractivity contribution < 1.29 is 12.6 Å². The van der Waals surface area contributed by atoms with Gasteiger partial charge in [0.2, 0.25) is 0 Å². The maximum Gasteiger partial charge on any atom is 0.281 e. The second-order valence-corrected chi connectivity index (χ2v) is 7.77. The minimum absolute atomic E-state index is 0.366. The van der Waals surface area contributed by atoms with Crippen molar-refractivity contribution in [2.75, 3.05) is 51.8 Å². The van der Waals surface area contributed by atoms with Crippen LogP contribution in [0.3, 0.4) is 0 Å². The molecule has 6 nitrogen and oxygen atoms in total. The average molecular weight is 283 g/mol. The summed E-state index contributed by atoms with van der Waals surface area (Å²) in [4.78, 5) is 0. The van der Waals surface area contributed by atoms with Gasteiger partial charge in [-0.2, -0.15) is 17.0 Å². The Hall–Kier alpha value is -0.0200. The molecule has 0 saturated carbocycles. The molecule has 17 heavy (non-hydrogen) atoms. The Balaban J connectivity index is 2.51. The molecule has 0 aromatic heterocycles. The Morgan fingerprint density at radius 2 is 1.94 bits per heavy atom. The number of rotatable bonds is 6. The van der Waals surface area contributed by atoms with Crippen LogP contribution in [0.5, 0.6) is 0 Å². The van der Waals surface area contributed by atoms with Crippen molar-refractivity contribution in [2.45, 2.75) is 6.42 Å². The predicted molar refractivity (Wildman–Crippen MR) is 69.5 cm³/mol. The molecule has 8 heteroatoms. The van der Waals surface area contributed by atoms with E-state index in [1.807, 2.05) is 7.05 Å². The first-order valence-electron chi connectivity index (χ1n) is 5.69. The van der Waals surface area contributed by atoms with Gasteiger partial charge < -0.3 is 5.32 Å². The van der Waals surface area contributed by atoms with Crippen LogP contribution in [0.25, 0.3) is 0 Å². The van der Waals surface area contributed by atoms with Crippen LogP contribution in [0.4, 0.5) is 0 Å². The highest BCUT2D eigenvalue weighted by Gasteiger charge is 2.29. The van der Waals surface area contributed by atoms with E-state index in [4.69, 9.17) is 0 Å². The molecule has 1 rings (SSSR count). The van der Waals surface area contributed by atoms with Gasteiger partial charge in [-0.3, -0.25) is 4.21 Å². The SMILES string of the molecule is CNCCCN(C)S(=O)(=O)N1CCS(=O)CC1. The number of nitrogens with zero attached hydrogens (tertiary/aromatic N) is 2. The molecule has 0 aromatic rings. The zero-order valence-electron chi connectivity index (χ0n) is 10.4. The molecular weight excluding hydrogens is 262 g/mol. The molecule has 1 N–H and O–H groups in total. The van der Waals surface area contributed by atoms with E-state index < -0.39 is 21.0 Å². The third-order valence-corrected chi connectivity index (χ3v) is 6.02. The van der Waals surface area contributed by atoms with E-state index in [1.165, 1.54) is 8.61 Å². The number of hydrogen-bond acceptors (Lipinski definition) is 4. The fourth-order valence-electron chi connectivity index (χ4n) is 1.64. The minimum atomic E-state index is -3.36. The van der Waals surface area contributed by atoms with Crippen molar-refractivity contribution in [3.05, 3.63) is 0 Å². The van der Waals surface area contributed by atoms with E-state index in [9.17, 15) is 12.6 Å². The van der Waals surface area contributed by atoms with Crippen LogP contribution in [0.1, 0.15) is 6.42 Å².